The summed E-state index contributed by atoms with van der Waals surface area (Å²) in [5.41, 5.74) is 7.90. The fourth-order valence-electron chi connectivity index (χ4n) is 4.70. The highest BCUT2D eigenvalue weighted by Crippen LogP contribution is 2.31. The van der Waals surface area contributed by atoms with Crippen LogP contribution in [-0.4, -0.2) is 22.9 Å². The Balaban J connectivity index is 1.23. The molecule has 0 aromatic heterocycles. The number of nitrogens with zero attached hydrogens (tertiary/aromatic N) is 1. The number of hydrogen-bond donors (Lipinski definition) is 2. The van der Waals surface area contributed by atoms with Gasteiger partial charge in [0.1, 0.15) is 11.5 Å². The Kier molecular flexibility index (Phi) is 7.38. The number of carbonyl (C=O) groups is 2. The molecule has 41 heavy (non-hydrogen) atoms. The number of anilines is 1. The number of fused-ring (bicyclic) bond motifs is 1. The zero-order valence-electron chi connectivity index (χ0n) is 22.1. The number of hydrazine groups is 1. The second kappa shape index (κ2) is 11.7. The highest BCUT2D eigenvalue weighted by atomic mass is 16.5. The van der Waals surface area contributed by atoms with Gasteiger partial charge in [0, 0.05) is 28.5 Å². The zero-order valence-corrected chi connectivity index (χ0v) is 22.1. The van der Waals surface area contributed by atoms with Crippen LogP contribution in [0, 0.1) is 0 Å². The molecule has 200 valence electrons. The summed E-state index contributed by atoms with van der Waals surface area (Å²) in [6.45, 7) is 0. The maximum absolute atomic E-state index is 13.5. The first-order chi connectivity index (χ1) is 20.1. The van der Waals surface area contributed by atoms with E-state index in [2.05, 4.69) is 10.7 Å². The van der Waals surface area contributed by atoms with Crippen molar-refractivity contribution in [2.45, 2.75) is 6.04 Å². The Hall–Kier alpha value is -5.46. The molecule has 6 heteroatoms. The quantitative estimate of drug-likeness (QED) is 0.273. The zero-order chi connectivity index (χ0) is 28.0. The van der Waals surface area contributed by atoms with Crippen molar-refractivity contribution >= 4 is 23.6 Å². The van der Waals surface area contributed by atoms with Crippen molar-refractivity contribution in [1.82, 2.24) is 10.4 Å². The van der Waals surface area contributed by atoms with E-state index in [1.807, 2.05) is 115 Å². The largest absolute Gasteiger partial charge is 0.458 e. The van der Waals surface area contributed by atoms with E-state index in [1.165, 1.54) is 0 Å². The third-order valence-corrected chi connectivity index (χ3v) is 6.72. The molecule has 2 amide bonds. The van der Waals surface area contributed by atoms with Crippen LogP contribution in [0.4, 0.5) is 5.69 Å². The number of hydrogen-bond acceptors (Lipinski definition) is 4. The maximum atomic E-state index is 13.5. The summed E-state index contributed by atoms with van der Waals surface area (Å²) in [5.74, 6) is 0.867. The van der Waals surface area contributed by atoms with Crippen LogP contribution in [-0.2, 0) is 0 Å². The van der Waals surface area contributed by atoms with Gasteiger partial charge >= 0.3 is 0 Å². The molecule has 1 unspecified atom stereocenters. The van der Waals surface area contributed by atoms with Gasteiger partial charge in [0.15, 0.2) is 0 Å². The molecule has 0 bridgehead atoms. The van der Waals surface area contributed by atoms with Gasteiger partial charge in [-0.05, 0) is 60.2 Å². The first kappa shape index (κ1) is 25.8. The number of nitrogens with one attached hydrogen (secondary N) is 2. The van der Waals surface area contributed by atoms with E-state index < -0.39 is 0 Å². The van der Waals surface area contributed by atoms with Crippen LogP contribution in [0.25, 0.3) is 6.08 Å². The van der Waals surface area contributed by atoms with Crippen LogP contribution in [0.5, 0.6) is 5.75 Å². The average molecular weight is 538 g/mol. The molecule has 0 fully saturated rings. The summed E-state index contributed by atoms with van der Waals surface area (Å²) in [6, 6.07) is 35.2. The van der Waals surface area contributed by atoms with Crippen LogP contribution in [0.2, 0.25) is 0 Å². The molecule has 6 rings (SSSR count). The number of ether oxygens (including phenoxy) is 1. The van der Waals surface area contributed by atoms with Crippen molar-refractivity contribution in [2.24, 2.45) is 0 Å². The van der Waals surface area contributed by atoms with Gasteiger partial charge in [-0.25, -0.2) is 10.4 Å². The summed E-state index contributed by atoms with van der Waals surface area (Å²) < 4.78 is 6.18. The Labute approximate surface area is 238 Å². The minimum atomic E-state index is -0.265. The predicted molar refractivity (Wildman–Crippen MR) is 161 cm³/mol. The highest BCUT2D eigenvalue weighted by Gasteiger charge is 2.33. The molecule has 1 aliphatic carbocycles. The molecule has 0 saturated heterocycles. The van der Waals surface area contributed by atoms with Crippen molar-refractivity contribution in [1.29, 1.82) is 0 Å². The summed E-state index contributed by atoms with van der Waals surface area (Å²) >= 11 is 0. The molecule has 0 spiro atoms. The molecule has 2 N–H and O–H groups in total. The van der Waals surface area contributed by atoms with E-state index in [-0.39, 0.29) is 17.9 Å². The Bertz CT molecular complexity index is 1690. The van der Waals surface area contributed by atoms with Crippen molar-refractivity contribution in [2.75, 3.05) is 5.32 Å². The molecule has 1 aliphatic heterocycles. The van der Waals surface area contributed by atoms with E-state index in [0.29, 0.717) is 28.3 Å². The highest BCUT2D eigenvalue weighted by molar-refractivity contribution is 6.04. The van der Waals surface area contributed by atoms with Gasteiger partial charge in [-0.1, -0.05) is 84.9 Å². The SMILES string of the molecule is O=C(Nc1cccc(OC2=CC3NN(C(=O)c4ccccc4)C(C=Cc4ccccc4)=C3C=C2)c1)c1ccccc1. The fourth-order valence-corrected chi connectivity index (χ4v) is 4.70. The molecular weight excluding hydrogens is 510 g/mol. The van der Waals surface area contributed by atoms with Crippen LogP contribution in [0.15, 0.2) is 157 Å². The topological polar surface area (TPSA) is 70.7 Å². The summed E-state index contributed by atoms with van der Waals surface area (Å²) in [4.78, 5) is 26.1. The number of benzene rings is 4. The fraction of sp³-hybridized carbons (Fsp3) is 0.0286. The molecule has 0 radical (unpaired) electrons. The van der Waals surface area contributed by atoms with E-state index in [0.717, 1.165) is 16.8 Å². The second-order valence-corrected chi connectivity index (χ2v) is 9.55. The van der Waals surface area contributed by atoms with Crippen LogP contribution in [0.3, 0.4) is 0 Å². The summed E-state index contributed by atoms with van der Waals surface area (Å²) in [5, 5.41) is 4.51. The van der Waals surface area contributed by atoms with Gasteiger partial charge in [0.25, 0.3) is 11.8 Å². The number of carbonyl (C=O) groups excluding carboxylic acids is 2. The molecule has 6 nitrogen and oxygen atoms in total. The average Bonchev–Trinajstić information content (AvgIpc) is 3.39. The molecular formula is C35H27N3O3. The Morgan fingerprint density at radius 3 is 2.17 bits per heavy atom. The standard InChI is InChI=1S/C35H27N3O3/c39-34(26-13-6-2-7-14-26)36-28-17-10-18-29(23-28)41-30-20-21-31-32(24-30)37-38(35(40)27-15-8-3-9-16-27)33(31)22-19-25-11-4-1-5-12-25/h1-24,32,37H,(H,36,39). The van der Waals surface area contributed by atoms with Gasteiger partial charge in [-0.3, -0.25) is 9.59 Å². The molecule has 2 aliphatic rings. The minimum absolute atomic E-state index is 0.147. The number of allylic oxidation sites excluding steroid dienone is 2. The Morgan fingerprint density at radius 1 is 0.756 bits per heavy atom. The third-order valence-electron chi connectivity index (χ3n) is 6.72. The normalized spacial score (nSPS) is 16.0. The first-order valence-corrected chi connectivity index (χ1v) is 13.3. The van der Waals surface area contributed by atoms with E-state index >= 15 is 0 Å². The maximum Gasteiger partial charge on any atom is 0.272 e. The van der Waals surface area contributed by atoms with E-state index in [9.17, 15) is 9.59 Å². The number of amides is 2. The van der Waals surface area contributed by atoms with Crippen molar-refractivity contribution < 1.29 is 14.3 Å². The lowest BCUT2D eigenvalue weighted by Crippen LogP contribution is -2.41. The van der Waals surface area contributed by atoms with Crippen LogP contribution >= 0.6 is 0 Å². The van der Waals surface area contributed by atoms with Gasteiger partial charge < -0.3 is 10.1 Å². The van der Waals surface area contributed by atoms with Gasteiger partial charge in [0.2, 0.25) is 0 Å². The van der Waals surface area contributed by atoms with Crippen molar-refractivity contribution in [3.8, 4) is 5.75 Å². The Morgan fingerprint density at radius 2 is 1.44 bits per heavy atom. The van der Waals surface area contributed by atoms with Gasteiger partial charge in [-0.2, -0.15) is 0 Å². The smallest absolute Gasteiger partial charge is 0.272 e. The number of rotatable bonds is 7. The van der Waals surface area contributed by atoms with Crippen LogP contribution < -0.4 is 15.5 Å². The molecule has 1 atom stereocenters. The molecule has 4 aromatic carbocycles. The lowest BCUT2D eigenvalue weighted by Gasteiger charge is -2.20. The van der Waals surface area contributed by atoms with Gasteiger partial charge in [-0.15, -0.1) is 0 Å². The van der Waals surface area contributed by atoms with Crippen LogP contribution in [0.1, 0.15) is 26.3 Å². The van der Waals surface area contributed by atoms with E-state index in [4.69, 9.17) is 4.74 Å². The summed E-state index contributed by atoms with van der Waals surface area (Å²) in [6.07, 6.45) is 9.75. The van der Waals surface area contributed by atoms with Crippen molar-refractivity contribution in [3.63, 3.8) is 0 Å². The molecule has 1 heterocycles. The van der Waals surface area contributed by atoms with E-state index in [1.54, 1.807) is 35.3 Å². The van der Waals surface area contributed by atoms with Gasteiger partial charge in [0.05, 0.1) is 11.7 Å². The first-order valence-electron chi connectivity index (χ1n) is 13.3. The van der Waals surface area contributed by atoms with Crippen molar-refractivity contribution in [3.05, 3.63) is 173 Å². The third kappa shape index (κ3) is 5.93. The lowest BCUT2D eigenvalue weighted by atomic mass is 10.0. The second-order valence-electron chi connectivity index (χ2n) is 9.55. The predicted octanol–water partition coefficient (Wildman–Crippen LogP) is 6.77. The summed E-state index contributed by atoms with van der Waals surface area (Å²) in [7, 11) is 0. The lowest BCUT2D eigenvalue weighted by molar-refractivity contribution is 0.0754. The monoisotopic (exact) mass is 537 g/mol. The minimum Gasteiger partial charge on any atom is -0.458 e. The molecule has 0 saturated carbocycles. The molecule has 4 aromatic rings.